The summed E-state index contributed by atoms with van der Waals surface area (Å²) < 4.78 is 26.0. The highest BCUT2D eigenvalue weighted by Crippen LogP contribution is 2.36. The second-order valence-electron chi connectivity index (χ2n) is 2.06. The fraction of sp³-hybridized carbons (Fsp3) is 0. The van der Waals surface area contributed by atoms with Gasteiger partial charge in [-0.25, -0.2) is 8.78 Å². The Bertz CT molecular complexity index is 385. The molecular weight excluding hydrogens is 331 g/mol. The molecule has 0 spiro atoms. The van der Waals surface area contributed by atoms with Gasteiger partial charge in [0, 0.05) is 0 Å². The topological polar surface area (TPSA) is 23.8 Å². The van der Waals surface area contributed by atoms with Crippen LogP contribution in [0.4, 0.5) is 8.78 Å². The van der Waals surface area contributed by atoms with Crippen LogP contribution in [0.15, 0.2) is 8.95 Å². The number of benzene rings is 1. The number of nitriles is 1. The maximum absolute atomic E-state index is 13.1. The van der Waals surface area contributed by atoms with Crippen molar-refractivity contribution in [2.75, 3.05) is 0 Å². The fourth-order valence-electron chi connectivity index (χ4n) is 0.703. The minimum absolute atomic E-state index is 0.0226. The maximum atomic E-state index is 13.1. The second-order valence-corrected chi connectivity index (χ2v) is 4.02. The number of hydrogen-bond donors (Lipinski definition) is 0. The molecule has 0 aliphatic rings. The highest BCUT2D eigenvalue weighted by molar-refractivity contribution is 9.13. The van der Waals surface area contributed by atoms with E-state index >= 15 is 0 Å². The van der Waals surface area contributed by atoms with E-state index in [2.05, 4.69) is 31.9 Å². The van der Waals surface area contributed by atoms with Crippen molar-refractivity contribution in [1.82, 2.24) is 0 Å². The van der Waals surface area contributed by atoms with Crippen LogP contribution in [0, 0.1) is 23.0 Å². The molecule has 0 bridgehead atoms. The fourth-order valence-corrected chi connectivity index (χ4v) is 1.84. The molecule has 1 aromatic rings. The van der Waals surface area contributed by atoms with E-state index < -0.39 is 16.7 Å². The number of nitrogens with zero attached hydrogens (tertiary/aromatic N) is 1. The van der Waals surface area contributed by atoms with Crippen molar-refractivity contribution in [3.05, 3.63) is 31.2 Å². The van der Waals surface area contributed by atoms with E-state index in [-0.39, 0.29) is 14.5 Å². The normalized spacial score (nSPS) is 9.85. The molecule has 0 saturated heterocycles. The van der Waals surface area contributed by atoms with Gasteiger partial charge in [0.05, 0.1) is 8.95 Å². The van der Waals surface area contributed by atoms with Crippen molar-refractivity contribution in [2.24, 2.45) is 0 Å². The van der Waals surface area contributed by atoms with E-state index in [9.17, 15) is 8.78 Å². The average molecular weight is 331 g/mol. The molecule has 0 aliphatic carbocycles. The largest absolute Gasteiger partial charge is 0.204 e. The van der Waals surface area contributed by atoms with Gasteiger partial charge in [0.2, 0.25) is 0 Å². The first-order valence-electron chi connectivity index (χ1n) is 2.92. The van der Waals surface area contributed by atoms with Gasteiger partial charge in [-0.15, -0.1) is 0 Å². The summed E-state index contributed by atoms with van der Waals surface area (Å²) in [5.74, 6) is -1.98. The van der Waals surface area contributed by atoms with Gasteiger partial charge in [-0.3, -0.25) is 0 Å². The smallest absolute Gasteiger partial charge is 0.163 e. The van der Waals surface area contributed by atoms with Gasteiger partial charge in [-0.05, 0) is 31.9 Å². The van der Waals surface area contributed by atoms with Crippen molar-refractivity contribution < 1.29 is 8.78 Å². The number of halogens is 5. The summed E-state index contributed by atoms with van der Waals surface area (Å²) in [5, 5.41) is 7.83. The van der Waals surface area contributed by atoms with E-state index in [0.717, 1.165) is 0 Å². The highest BCUT2D eigenvalue weighted by Gasteiger charge is 2.20. The molecular formula is C7Br2ClF2N. The Labute approximate surface area is 94.6 Å². The minimum Gasteiger partial charge on any atom is -0.204 e. The third-order valence-corrected chi connectivity index (χ3v) is 3.72. The van der Waals surface area contributed by atoms with E-state index in [1.807, 2.05) is 0 Å². The summed E-state index contributed by atoms with van der Waals surface area (Å²) in [6, 6.07) is 1.57. The number of hydrogen-bond acceptors (Lipinski definition) is 1. The van der Waals surface area contributed by atoms with E-state index in [1.54, 1.807) is 6.07 Å². The molecule has 0 radical (unpaired) electrons. The van der Waals surface area contributed by atoms with Crippen LogP contribution in [0.2, 0.25) is 5.02 Å². The third kappa shape index (κ3) is 1.71. The Morgan fingerprint density at radius 2 is 1.69 bits per heavy atom. The van der Waals surface area contributed by atoms with E-state index in [0.29, 0.717) is 0 Å². The quantitative estimate of drug-likeness (QED) is 0.520. The lowest BCUT2D eigenvalue weighted by atomic mass is 10.2. The maximum Gasteiger partial charge on any atom is 0.163 e. The van der Waals surface area contributed by atoms with Gasteiger partial charge >= 0.3 is 0 Å². The molecule has 1 nitrogen and oxygen atoms in total. The Morgan fingerprint density at radius 3 is 2.15 bits per heavy atom. The molecule has 0 amide bonds. The van der Waals surface area contributed by atoms with Gasteiger partial charge in [-0.1, -0.05) is 11.6 Å². The predicted octanol–water partition coefficient (Wildman–Crippen LogP) is 4.01. The van der Waals surface area contributed by atoms with Crippen molar-refractivity contribution in [3.63, 3.8) is 0 Å². The van der Waals surface area contributed by atoms with Crippen LogP contribution < -0.4 is 0 Å². The number of rotatable bonds is 0. The zero-order valence-corrected chi connectivity index (χ0v) is 9.76. The lowest BCUT2D eigenvalue weighted by Crippen LogP contribution is -1.93. The summed E-state index contributed by atoms with van der Waals surface area (Å²) in [6.07, 6.45) is 0. The summed E-state index contributed by atoms with van der Waals surface area (Å²) in [5.41, 5.74) is -0.321. The third-order valence-electron chi connectivity index (χ3n) is 1.32. The van der Waals surface area contributed by atoms with Crippen LogP contribution in [0.5, 0.6) is 0 Å². The first-order chi connectivity index (χ1) is 6.00. The Balaban J connectivity index is 3.69. The summed E-state index contributed by atoms with van der Waals surface area (Å²) in [4.78, 5) is 0. The SMILES string of the molecule is N#Cc1c(F)c(Cl)c(F)c(Br)c1Br. The molecule has 0 saturated carbocycles. The predicted molar refractivity (Wildman–Crippen MR) is 51.5 cm³/mol. The second kappa shape index (κ2) is 3.91. The molecule has 0 heterocycles. The Morgan fingerprint density at radius 1 is 1.15 bits per heavy atom. The van der Waals surface area contributed by atoms with Crippen LogP contribution in [0.1, 0.15) is 5.56 Å². The molecule has 13 heavy (non-hydrogen) atoms. The highest BCUT2D eigenvalue weighted by atomic mass is 79.9. The molecule has 68 valence electrons. The monoisotopic (exact) mass is 329 g/mol. The molecule has 0 fully saturated rings. The van der Waals surface area contributed by atoms with Crippen LogP contribution in [-0.2, 0) is 0 Å². The standard InChI is InChI=1S/C7Br2ClF2N/c8-3-2(1-13)6(11)5(10)7(12)4(3)9. The minimum atomic E-state index is -1.06. The van der Waals surface area contributed by atoms with E-state index in [1.165, 1.54) is 0 Å². The van der Waals surface area contributed by atoms with Crippen LogP contribution >= 0.6 is 43.5 Å². The summed E-state index contributed by atoms with van der Waals surface area (Å²) in [7, 11) is 0. The molecule has 6 heteroatoms. The Kier molecular flexibility index (Phi) is 3.28. The van der Waals surface area contributed by atoms with Crippen LogP contribution in [0.25, 0.3) is 0 Å². The van der Waals surface area contributed by atoms with Crippen LogP contribution in [0.3, 0.4) is 0 Å². The van der Waals surface area contributed by atoms with Gasteiger partial charge in [0.15, 0.2) is 11.6 Å². The van der Waals surface area contributed by atoms with Crippen molar-refractivity contribution in [1.29, 1.82) is 5.26 Å². The first-order valence-corrected chi connectivity index (χ1v) is 4.88. The average Bonchev–Trinajstić information content (AvgIpc) is 2.13. The van der Waals surface area contributed by atoms with Gasteiger partial charge < -0.3 is 0 Å². The van der Waals surface area contributed by atoms with Crippen molar-refractivity contribution >= 4 is 43.5 Å². The van der Waals surface area contributed by atoms with Crippen LogP contribution in [-0.4, -0.2) is 0 Å². The molecule has 0 unspecified atom stereocenters. The van der Waals surface area contributed by atoms with Crippen molar-refractivity contribution in [2.45, 2.75) is 0 Å². The molecule has 1 aromatic carbocycles. The lowest BCUT2D eigenvalue weighted by molar-refractivity contribution is 0.575. The molecule has 1 rings (SSSR count). The zero-order valence-electron chi connectivity index (χ0n) is 5.84. The van der Waals surface area contributed by atoms with E-state index in [4.69, 9.17) is 16.9 Å². The summed E-state index contributed by atoms with van der Waals surface area (Å²) in [6.45, 7) is 0. The lowest BCUT2D eigenvalue weighted by Gasteiger charge is -2.04. The first kappa shape index (κ1) is 10.9. The van der Waals surface area contributed by atoms with Crippen molar-refractivity contribution in [3.8, 4) is 6.07 Å². The molecule has 0 N–H and O–H groups in total. The van der Waals surface area contributed by atoms with Gasteiger partial charge in [0.1, 0.15) is 16.7 Å². The molecule has 0 atom stereocenters. The van der Waals surface area contributed by atoms with Gasteiger partial charge in [-0.2, -0.15) is 5.26 Å². The van der Waals surface area contributed by atoms with Gasteiger partial charge in [0.25, 0.3) is 0 Å². The summed E-state index contributed by atoms with van der Waals surface area (Å²) >= 11 is 11.0. The molecule has 0 aromatic heterocycles. The Hall–Kier alpha value is -0.180. The molecule has 0 aliphatic heterocycles. The zero-order chi connectivity index (χ0) is 10.2.